The summed E-state index contributed by atoms with van der Waals surface area (Å²) >= 11 is 0. The summed E-state index contributed by atoms with van der Waals surface area (Å²) in [4.78, 5) is 26.6. The lowest BCUT2D eigenvalue weighted by atomic mass is 9.90. The van der Waals surface area contributed by atoms with Crippen LogP contribution in [0.5, 0.6) is 0 Å². The molecule has 6 nitrogen and oxygen atoms in total. The van der Waals surface area contributed by atoms with Crippen LogP contribution in [0.1, 0.15) is 18.1 Å². The topological polar surface area (TPSA) is 78.9 Å². The molecule has 1 saturated heterocycles. The summed E-state index contributed by atoms with van der Waals surface area (Å²) in [6, 6.07) is 19.0. The molecular formula is C24H23FN2O4. The van der Waals surface area contributed by atoms with Gasteiger partial charge in [-0.1, -0.05) is 54.6 Å². The van der Waals surface area contributed by atoms with Gasteiger partial charge in [-0.15, -0.1) is 0 Å². The first-order chi connectivity index (χ1) is 14.9. The second-order valence-corrected chi connectivity index (χ2v) is 7.79. The summed E-state index contributed by atoms with van der Waals surface area (Å²) in [5.41, 5.74) is -0.194. The lowest BCUT2D eigenvalue weighted by Gasteiger charge is -2.23. The molecule has 160 valence electrons. The zero-order valence-corrected chi connectivity index (χ0v) is 17.0. The summed E-state index contributed by atoms with van der Waals surface area (Å²) in [6.45, 7) is 1.28. The molecule has 31 heavy (non-hydrogen) atoms. The third kappa shape index (κ3) is 4.15. The van der Waals surface area contributed by atoms with E-state index in [0.29, 0.717) is 11.1 Å². The molecule has 0 aromatic heterocycles. The fraction of sp³-hybridized carbons (Fsp3) is 0.250. The molecule has 3 amide bonds. The highest BCUT2D eigenvalue weighted by atomic mass is 19.1. The van der Waals surface area contributed by atoms with E-state index in [9.17, 15) is 19.1 Å². The summed E-state index contributed by atoms with van der Waals surface area (Å²) < 4.78 is 19.0. The van der Waals surface area contributed by atoms with Gasteiger partial charge in [0.1, 0.15) is 11.4 Å². The largest absolute Gasteiger partial charge is 0.389 e. The SMILES string of the molecule is C[C@]1(c2ccc3ccccc3c2)NC(=O)N(C[C@H](O)COCc2ccccc2F)C1=O. The van der Waals surface area contributed by atoms with Crippen LogP contribution < -0.4 is 5.32 Å². The fourth-order valence-corrected chi connectivity index (χ4v) is 3.74. The summed E-state index contributed by atoms with van der Waals surface area (Å²) in [6.07, 6.45) is -1.10. The fourth-order valence-electron chi connectivity index (χ4n) is 3.74. The van der Waals surface area contributed by atoms with E-state index in [1.54, 1.807) is 25.1 Å². The van der Waals surface area contributed by atoms with Crippen molar-refractivity contribution in [2.24, 2.45) is 0 Å². The molecule has 0 bridgehead atoms. The molecule has 0 saturated carbocycles. The third-order valence-corrected chi connectivity index (χ3v) is 5.52. The Morgan fingerprint density at radius 2 is 1.77 bits per heavy atom. The van der Waals surface area contributed by atoms with Gasteiger partial charge in [-0.2, -0.15) is 0 Å². The minimum Gasteiger partial charge on any atom is -0.389 e. The molecule has 0 radical (unpaired) electrons. The van der Waals surface area contributed by atoms with Crippen LogP contribution in [0, 0.1) is 5.82 Å². The molecule has 0 spiro atoms. The minimum absolute atomic E-state index is 0.0152. The molecule has 2 N–H and O–H groups in total. The van der Waals surface area contributed by atoms with Crippen molar-refractivity contribution in [3.8, 4) is 0 Å². The number of hydrogen-bond acceptors (Lipinski definition) is 4. The molecule has 2 atom stereocenters. The van der Waals surface area contributed by atoms with Crippen molar-refractivity contribution in [2.75, 3.05) is 13.2 Å². The van der Waals surface area contributed by atoms with E-state index in [1.807, 2.05) is 42.5 Å². The monoisotopic (exact) mass is 422 g/mol. The maximum absolute atomic E-state index is 13.6. The Morgan fingerprint density at radius 1 is 1.06 bits per heavy atom. The number of β-amino-alcohol motifs (C(OH)–C–C–N with tert-alkyl or cyclic N) is 1. The first-order valence-electron chi connectivity index (χ1n) is 10.0. The lowest BCUT2D eigenvalue weighted by Crippen LogP contribution is -2.42. The first kappa shape index (κ1) is 21.0. The Hall–Kier alpha value is -3.29. The summed E-state index contributed by atoms with van der Waals surface area (Å²) in [5.74, 6) is -0.835. The van der Waals surface area contributed by atoms with Gasteiger partial charge in [0.25, 0.3) is 5.91 Å². The Bertz CT molecular complexity index is 1140. The molecule has 0 unspecified atom stereocenters. The average molecular weight is 422 g/mol. The van der Waals surface area contributed by atoms with Gasteiger partial charge in [0.05, 0.1) is 25.9 Å². The number of carbonyl (C=O) groups is 2. The number of rotatable bonds is 7. The van der Waals surface area contributed by atoms with Crippen molar-refractivity contribution in [3.05, 3.63) is 83.7 Å². The van der Waals surface area contributed by atoms with E-state index in [0.717, 1.165) is 15.7 Å². The number of nitrogens with one attached hydrogen (secondary N) is 1. The molecule has 1 fully saturated rings. The number of imide groups is 1. The maximum Gasteiger partial charge on any atom is 0.325 e. The summed E-state index contributed by atoms with van der Waals surface area (Å²) in [7, 11) is 0. The van der Waals surface area contributed by atoms with Gasteiger partial charge in [-0.3, -0.25) is 9.69 Å². The number of aliphatic hydroxyl groups excluding tert-OH is 1. The molecule has 1 aliphatic heterocycles. The van der Waals surface area contributed by atoms with Crippen molar-refractivity contribution in [1.29, 1.82) is 0 Å². The number of urea groups is 1. The zero-order valence-electron chi connectivity index (χ0n) is 17.0. The number of fused-ring (bicyclic) bond motifs is 1. The number of aliphatic hydroxyl groups is 1. The lowest BCUT2D eigenvalue weighted by molar-refractivity contribution is -0.132. The van der Waals surface area contributed by atoms with E-state index >= 15 is 0 Å². The van der Waals surface area contributed by atoms with Gasteiger partial charge in [0.15, 0.2) is 0 Å². The van der Waals surface area contributed by atoms with Crippen molar-refractivity contribution < 1.29 is 23.8 Å². The van der Waals surface area contributed by atoms with Gasteiger partial charge in [-0.05, 0) is 35.4 Å². The quantitative estimate of drug-likeness (QED) is 0.573. The number of amides is 3. The van der Waals surface area contributed by atoms with E-state index in [4.69, 9.17) is 4.74 Å². The van der Waals surface area contributed by atoms with Crippen LogP contribution in [0.25, 0.3) is 10.8 Å². The molecule has 7 heteroatoms. The van der Waals surface area contributed by atoms with Crippen molar-refractivity contribution in [3.63, 3.8) is 0 Å². The van der Waals surface area contributed by atoms with Crippen molar-refractivity contribution in [2.45, 2.75) is 25.2 Å². The van der Waals surface area contributed by atoms with Crippen LogP contribution in [-0.4, -0.2) is 41.2 Å². The predicted octanol–water partition coefficient (Wildman–Crippen LogP) is 3.32. The van der Waals surface area contributed by atoms with E-state index in [2.05, 4.69) is 5.32 Å². The van der Waals surface area contributed by atoms with E-state index in [-0.39, 0.29) is 19.8 Å². The molecule has 4 rings (SSSR count). The number of benzene rings is 3. The smallest absolute Gasteiger partial charge is 0.325 e. The number of hydrogen-bond donors (Lipinski definition) is 2. The number of carbonyl (C=O) groups excluding carboxylic acids is 2. The second kappa shape index (κ2) is 8.45. The van der Waals surface area contributed by atoms with E-state index < -0.39 is 29.4 Å². The van der Waals surface area contributed by atoms with E-state index in [1.165, 1.54) is 6.07 Å². The van der Waals surface area contributed by atoms with Crippen LogP contribution >= 0.6 is 0 Å². The van der Waals surface area contributed by atoms with Crippen LogP contribution in [0.2, 0.25) is 0 Å². The Balaban J connectivity index is 1.41. The van der Waals surface area contributed by atoms with Crippen LogP contribution in [0.4, 0.5) is 9.18 Å². The molecule has 0 aliphatic carbocycles. The Kier molecular flexibility index (Phi) is 5.71. The van der Waals surface area contributed by atoms with Gasteiger partial charge in [-0.25, -0.2) is 9.18 Å². The Morgan fingerprint density at radius 3 is 2.55 bits per heavy atom. The highest BCUT2D eigenvalue weighted by Gasteiger charge is 2.49. The van der Waals surface area contributed by atoms with Gasteiger partial charge in [0, 0.05) is 5.56 Å². The normalized spacial score (nSPS) is 19.6. The van der Waals surface area contributed by atoms with Gasteiger partial charge in [0.2, 0.25) is 0 Å². The van der Waals surface area contributed by atoms with Crippen LogP contribution in [0.3, 0.4) is 0 Å². The van der Waals surface area contributed by atoms with Crippen molar-refractivity contribution >= 4 is 22.7 Å². The van der Waals surface area contributed by atoms with Gasteiger partial charge >= 0.3 is 6.03 Å². The predicted molar refractivity (Wildman–Crippen MR) is 114 cm³/mol. The molecule has 3 aromatic rings. The standard InChI is InChI=1S/C24H23FN2O4/c1-24(19-11-10-16-6-2-3-7-17(16)12-19)22(29)27(23(30)26-24)13-20(28)15-31-14-18-8-4-5-9-21(18)25/h2-12,20,28H,13-15H2,1H3,(H,26,30)/t20-,24+/m0/s1. The molecular weight excluding hydrogens is 399 g/mol. The molecule has 3 aromatic carbocycles. The van der Waals surface area contributed by atoms with Crippen LogP contribution in [0.15, 0.2) is 66.7 Å². The number of nitrogens with zero attached hydrogens (tertiary/aromatic N) is 1. The minimum atomic E-state index is -1.23. The van der Waals surface area contributed by atoms with Crippen molar-refractivity contribution in [1.82, 2.24) is 10.2 Å². The highest BCUT2D eigenvalue weighted by molar-refractivity contribution is 6.07. The van der Waals surface area contributed by atoms with Gasteiger partial charge < -0.3 is 15.2 Å². The van der Waals surface area contributed by atoms with Crippen LogP contribution in [-0.2, 0) is 21.7 Å². The first-order valence-corrected chi connectivity index (χ1v) is 10.0. The highest BCUT2D eigenvalue weighted by Crippen LogP contribution is 2.31. The molecule has 1 aliphatic rings. The number of halogens is 1. The Labute approximate surface area is 179 Å². The maximum atomic E-state index is 13.6. The molecule has 1 heterocycles. The number of ether oxygens (including phenoxy) is 1. The average Bonchev–Trinajstić information content (AvgIpc) is 2.98. The summed E-state index contributed by atoms with van der Waals surface area (Å²) in [5, 5.41) is 15.0. The second-order valence-electron chi connectivity index (χ2n) is 7.79. The zero-order chi connectivity index (χ0) is 22.0. The third-order valence-electron chi connectivity index (χ3n) is 5.52.